The van der Waals surface area contributed by atoms with Crippen molar-refractivity contribution in [3.05, 3.63) is 91.0 Å². The first-order chi connectivity index (χ1) is 18.6. The molecule has 6 rings (SSSR count). The zero-order chi connectivity index (χ0) is 26.0. The van der Waals surface area contributed by atoms with Gasteiger partial charge in [0.15, 0.2) is 0 Å². The molecule has 0 atom stereocenters. The number of nitrogens with one attached hydrogen (secondary N) is 2. The van der Waals surface area contributed by atoms with Gasteiger partial charge in [0.25, 0.3) is 0 Å². The summed E-state index contributed by atoms with van der Waals surface area (Å²) in [5.41, 5.74) is 5.05. The molecule has 2 N–H and O–H groups in total. The third kappa shape index (κ3) is 4.50. The van der Waals surface area contributed by atoms with E-state index in [2.05, 4.69) is 55.6 Å². The normalized spacial score (nSPS) is 14.8. The van der Waals surface area contributed by atoms with E-state index in [1.807, 2.05) is 36.7 Å². The number of rotatable bonds is 6. The van der Waals surface area contributed by atoms with Crippen molar-refractivity contribution in [1.82, 2.24) is 19.9 Å². The number of hydrogen-bond donors (Lipinski definition) is 2. The number of aromatic nitrogens is 4. The summed E-state index contributed by atoms with van der Waals surface area (Å²) in [6, 6.07) is 19.8. The standard InChI is InChI=1S/C30H27N5O3/c1-37-27-9-5-23(18-33-27)22-4-8-26(32-17-22)35-29(36)30(11-14-38-15-12-30)25-6-2-20(3-7-25)24-16-21-10-13-31-28(21)34-19-24/h2-10,13,16-19H,11-12,14-15H2,1H3,(H,31,34)(H,32,35,36). The predicted octanol–water partition coefficient (Wildman–Crippen LogP) is 5.38. The Morgan fingerprint density at radius 2 is 1.58 bits per heavy atom. The maximum Gasteiger partial charge on any atom is 0.236 e. The number of aromatic amines is 1. The number of ether oxygens (including phenoxy) is 2. The van der Waals surface area contributed by atoms with Crippen LogP contribution in [0.3, 0.4) is 0 Å². The number of carbonyl (C=O) groups excluding carboxylic acids is 1. The second-order valence-corrected chi connectivity index (χ2v) is 9.39. The molecule has 0 spiro atoms. The minimum atomic E-state index is -0.695. The number of carbonyl (C=O) groups is 1. The van der Waals surface area contributed by atoms with Crippen LogP contribution in [0.1, 0.15) is 18.4 Å². The molecule has 1 aromatic carbocycles. The lowest BCUT2D eigenvalue weighted by molar-refractivity contribution is -0.125. The number of methoxy groups -OCH3 is 1. The van der Waals surface area contributed by atoms with Gasteiger partial charge in [-0.3, -0.25) is 4.79 Å². The van der Waals surface area contributed by atoms with Crippen molar-refractivity contribution in [3.8, 4) is 28.1 Å². The summed E-state index contributed by atoms with van der Waals surface area (Å²) >= 11 is 0. The van der Waals surface area contributed by atoms with E-state index in [4.69, 9.17) is 9.47 Å². The Labute approximate surface area is 220 Å². The number of pyridine rings is 3. The smallest absolute Gasteiger partial charge is 0.236 e. The molecule has 5 aromatic rings. The van der Waals surface area contributed by atoms with Crippen LogP contribution in [0.5, 0.6) is 5.88 Å². The molecule has 1 saturated heterocycles. The zero-order valence-corrected chi connectivity index (χ0v) is 21.0. The Balaban J connectivity index is 1.23. The highest BCUT2D eigenvalue weighted by Crippen LogP contribution is 2.37. The Hall–Kier alpha value is -4.56. The molecule has 1 aliphatic heterocycles. The van der Waals surface area contributed by atoms with E-state index in [-0.39, 0.29) is 5.91 Å². The van der Waals surface area contributed by atoms with Crippen LogP contribution in [0.25, 0.3) is 33.3 Å². The SMILES string of the molecule is COc1ccc(-c2ccc(NC(=O)C3(c4ccc(-c5cnc6[nH]ccc6c5)cc4)CCOCC3)nc2)cn1. The maximum absolute atomic E-state index is 13.7. The van der Waals surface area contributed by atoms with Crippen molar-refractivity contribution in [3.63, 3.8) is 0 Å². The van der Waals surface area contributed by atoms with Crippen molar-refractivity contribution in [1.29, 1.82) is 0 Å². The van der Waals surface area contributed by atoms with Gasteiger partial charge in [-0.1, -0.05) is 24.3 Å². The number of amides is 1. The molecule has 0 radical (unpaired) electrons. The van der Waals surface area contributed by atoms with Gasteiger partial charge < -0.3 is 19.8 Å². The van der Waals surface area contributed by atoms with Crippen LogP contribution >= 0.6 is 0 Å². The summed E-state index contributed by atoms with van der Waals surface area (Å²) in [4.78, 5) is 30.1. The first-order valence-corrected chi connectivity index (χ1v) is 12.5. The molecule has 0 saturated carbocycles. The Morgan fingerprint density at radius 3 is 2.26 bits per heavy atom. The van der Waals surface area contributed by atoms with E-state index >= 15 is 0 Å². The molecule has 0 aliphatic carbocycles. The van der Waals surface area contributed by atoms with Crippen molar-refractivity contribution in [2.45, 2.75) is 18.3 Å². The van der Waals surface area contributed by atoms with E-state index < -0.39 is 5.41 Å². The molecule has 1 aliphatic rings. The number of nitrogens with zero attached hydrogens (tertiary/aromatic N) is 3. The van der Waals surface area contributed by atoms with Gasteiger partial charge in [0.1, 0.15) is 11.5 Å². The Kier molecular flexibility index (Phi) is 6.31. The number of fused-ring (bicyclic) bond motifs is 1. The van der Waals surface area contributed by atoms with Crippen molar-refractivity contribution in [2.24, 2.45) is 0 Å². The van der Waals surface area contributed by atoms with Gasteiger partial charge in [0, 0.05) is 66.1 Å². The van der Waals surface area contributed by atoms with Gasteiger partial charge in [-0.15, -0.1) is 0 Å². The third-order valence-corrected chi connectivity index (χ3v) is 7.24. The molecule has 5 heterocycles. The van der Waals surface area contributed by atoms with Crippen LogP contribution in [-0.2, 0) is 14.9 Å². The fourth-order valence-electron chi connectivity index (χ4n) is 4.99. The van der Waals surface area contributed by atoms with E-state index in [0.717, 1.165) is 38.9 Å². The second-order valence-electron chi connectivity index (χ2n) is 9.39. The van der Waals surface area contributed by atoms with Crippen LogP contribution in [0, 0.1) is 0 Å². The van der Waals surface area contributed by atoms with Crippen LogP contribution in [0.4, 0.5) is 5.82 Å². The first kappa shape index (κ1) is 23.8. The molecule has 190 valence electrons. The summed E-state index contributed by atoms with van der Waals surface area (Å²) in [5, 5.41) is 4.12. The van der Waals surface area contributed by atoms with Crippen molar-refractivity contribution in [2.75, 3.05) is 25.6 Å². The number of benzene rings is 1. The predicted molar refractivity (Wildman–Crippen MR) is 146 cm³/mol. The average Bonchev–Trinajstić information content (AvgIpc) is 3.46. The van der Waals surface area contributed by atoms with E-state index in [1.54, 1.807) is 25.6 Å². The Morgan fingerprint density at radius 1 is 0.868 bits per heavy atom. The molecule has 8 nitrogen and oxygen atoms in total. The van der Waals surface area contributed by atoms with Crippen LogP contribution < -0.4 is 10.1 Å². The highest BCUT2D eigenvalue weighted by Gasteiger charge is 2.42. The molecule has 8 heteroatoms. The van der Waals surface area contributed by atoms with Crippen molar-refractivity contribution >= 4 is 22.8 Å². The van der Waals surface area contributed by atoms with Crippen LogP contribution in [-0.4, -0.2) is 46.2 Å². The van der Waals surface area contributed by atoms with Crippen LogP contribution in [0.2, 0.25) is 0 Å². The van der Waals surface area contributed by atoms with E-state index in [9.17, 15) is 4.79 Å². The molecule has 4 aromatic heterocycles. The molecule has 38 heavy (non-hydrogen) atoms. The molecular weight excluding hydrogens is 478 g/mol. The zero-order valence-electron chi connectivity index (χ0n) is 21.0. The lowest BCUT2D eigenvalue weighted by Crippen LogP contribution is -2.45. The topological polar surface area (TPSA) is 102 Å². The minimum absolute atomic E-state index is 0.0738. The summed E-state index contributed by atoms with van der Waals surface area (Å²) in [5.74, 6) is 0.989. The highest BCUT2D eigenvalue weighted by atomic mass is 16.5. The summed E-state index contributed by atoms with van der Waals surface area (Å²) < 4.78 is 10.8. The van der Waals surface area contributed by atoms with Gasteiger partial charge in [0.05, 0.1) is 12.5 Å². The van der Waals surface area contributed by atoms with Gasteiger partial charge in [0.2, 0.25) is 11.8 Å². The van der Waals surface area contributed by atoms with E-state index in [0.29, 0.717) is 37.8 Å². The fraction of sp³-hybridized carbons (Fsp3) is 0.200. The minimum Gasteiger partial charge on any atom is -0.481 e. The fourth-order valence-corrected chi connectivity index (χ4v) is 4.99. The number of anilines is 1. The first-order valence-electron chi connectivity index (χ1n) is 12.5. The van der Waals surface area contributed by atoms with Crippen LogP contribution in [0.15, 0.2) is 85.5 Å². The summed E-state index contributed by atoms with van der Waals surface area (Å²) in [6.07, 6.45) is 8.43. The van der Waals surface area contributed by atoms with Gasteiger partial charge in [-0.2, -0.15) is 0 Å². The van der Waals surface area contributed by atoms with Gasteiger partial charge >= 0.3 is 0 Å². The monoisotopic (exact) mass is 505 g/mol. The maximum atomic E-state index is 13.7. The van der Waals surface area contributed by atoms with E-state index in [1.165, 1.54) is 0 Å². The number of H-pyrrole nitrogens is 1. The summed E-state index contributed by atoms with van der Waals surface area (Å²) in [6.45, 7) is 1.06. The Bertz CT molecular complexity index is 1550. The molecule has 0 unspecified atom stereocenters. The lowest BCUT2D eigenvalue weighted by Gasteiger charge is -2.36. The highest BCUT2D eigenvalue weighted by molar-refractivity contribution is 5.99. The van der Waals surface area contributed by atoms with Crippen molar-refractivity contribution < 1.29 is 14.3 Å². The molecule has 0 bridgehead atoms. The van der Waals surface area contributed by atoms with Gasteiger partial charge in [-0.05, 0) is 54.3 Å². The van der Waals surface area contributed by atoms with Gasteiger partial charge in [-0.25, -0.2) is 15.0 Å². The lowest BCUT2D eigenvalue weighted by atomic mass is 9.73. The molecule has 1 amide bonds. The quantitative estimate of drug-likeness (QED) is 0.321. The molecule has 1 fully saturated rings. The largest absolute Gasteiger partial charge is 0.481 e. The summed E-state index contributed by atoms with van der Waals surface area (Å²) in [7, 11) is 1.59. The number of hydrogen-bond acceptors (Lipinski definition) is 6. The average molecular weight is 506 g/mol. The molecular formula is C30H27N5O3. The second kappa shape index (κ2) is 10.1. The third-order valence-electron chi connectivity index (χ3n) is 7.24.